The first kappa shape index (κ1) is 19.1. The van der Waals surface area contributed by atoms with Crippen LogP contribution in [0.4, 0.5) is 14.5 Å². The monoisotopic (exact) mass is 361 g/mol. The summed E-state index contributed by atoms with van der Waals surface area (Å²) in [4.78, 5) is 23.2. The number of rotatable bonds is 7. The van der Waals surface area contributed by atoms with Gasteiger partial charge < -0.3 is 14.8 Å². The molecule has 7 heteroatoms. The average molecular weight is 361 g/mol. The van der Waals surface area contributed by atoms with E-state index < -0.39 is 35.8 Å². The van der Waals surface area contributed by atoms with E-state index in [-0.39, 0.29) is 0 Å². The Hall–Kier alpha value is -3.22. The molecule has 0 aromatic heterocycles. The Morgan fingerprint density at radius 2 is 1.73 bits per heavy atom. The predicted molar refractivity (Wildman–Crippen MR) is 92.6 cm³/mol. The van der Waals surface area contributed by atoms with Gasteiger partial charge in [0.2, 0.25) is 0 Å². The molecule has 0 saturated heterocycles. The van der Waals surface area contributed by atoms with Crippen molar-refractivity contribution in [1.82, 2.24) is 0 Å². The largest absolute Gasteiger partial charge is 0.494 e. The number of amides is 1. The Morgan fingerprint density at radius 1 is 1.08 bits per heavy atom. The third-order valence-corrected chi connectivity index (χ3v) is 3.18. The van der Waals surface area contributed by atoms with Crippen LogP contribution in [0.5, 0.6) is 5.75 Å². The van der Waals surface area contributed by atoms with Crippen LogP contribution >= 0.6 is 0 Å². The molecule has 0 atom stereocenters. The predicted octanol–water partition coefficient (Wildman–Crippen LogP) is 3.56. The molecule has 0 aliphatic heterocycles. The summed E-state index contributed by atoms with van der Waals surface area (Å²) in [5, 5.41) is 2.02. The fraction of sp³-hybridized carbons (Fsp3) is 0.158. The molecule has 136 valence electrons. The van der Waals surface area contributed by atoms with Crippen molar-refractivity contribution in [2.24, 2.45) is 0 Å². The van der Waals surface area contributed by atoms with Gasteiger partial charge >= 0.3 is 5.97 Å². The standard InChI is InChI=1S/C19H17F2NO4/c1-2-25-14-9-6-13(7-10-14)8-11-18(24)26-12-17(23)22-19-15(20)4-3-5-16(19)21/h3-11H,2,12H2,1H3,(H,22,23)/b11-8+. The van der Waals surface area contributed by atoms with Crippen LogP contribution in [0.2, 0.25) is 0 Å². The lowest BCUT2D eigenvalue weighted by atomic mass is 10.2. The van der Waals surface area contributed by atoms with Gasteiger partial charge in [-0.25, -0.2) is 13.6 Å². The minimum absolute atomic E-state index is 0.556. The second-order valence-electron chi connectivity index (χ2n) is 5.09. The zero-order chi connectivity index (χ0) is 18.9. The molecule has 0 heterocycles. The summed E-state index contributed by atoms with van der Waals surface area (Å²) in [6.45, 7) is 1.76. The van der Waals surface area contributed by atoms with Crippen molar-refractivity contribution < 1.29 is 27.8 Å². The highest BCUT2D eigenvalue weighted by Crippen LogP contribution is 2.17. The normalized spacial score (nSPS) is 10.6. The van der Waals surface area contributed by atoms with Crippen molar-refractivity contribution in [1.29, 1.82) is 0 Å². The van der Waals surface area contributed by atoms with Crippen molar-refractivity contribution in [3.8, 4) is 5.75 Å². The second-order valence-corrected chi connectivity index (χ2v) is 5.09. The van der Waals surface area contributed by atoms with Crippen LogP contribution in [0.25, 0.3) is 6.08 Å². The molecule has 2 aromatic rings. The van der Waals surface area contributed by atoms with Crippen molar-refractivity contribution in [2.75, 3.05) is 18.5 Å². The first-order valence-corrected chi connectivity index (χ1v) is 7.81. The summed E-state index contributed by atoms with van der Waals surface area (Å²) in [5.74, 6) is -2.73. The van der Waals surface area contributed by atoms with Gasteiger partial charge in [-0.15, -0.1) is 0 Å². The molecule has 0 bridgehead atoms. The number of carbonyl (C=O) groups excluding carboxylic acids is 2. The van der Waals surface area contributed by atoms with E-state index in [2.05, 4.69) is 0 Å². The molecule has 0 fully saturated rings. The van der Waals surface area contributed by atoms with Crippen molar-refractivity contribution >= 4 is 23.6 Å². The molecule has 2 aromatic carbocycles. The highest BCUT2D eigenvalue weighted by Gasteiger charge is 2.12. The summed E-state index contributed by atoms with van der Waals surface area (Å²) in [5.41, 5.74) is 0.154. The first-order chi connectivity index (χ1) is 12.5. The van der Waals surface area contributed by atoms with Crippen molar-refractivity contribution in [3.63, 3.8) is 0 Å². The van der Waals surface area contributed by atoms with Gasteiger partial charge in [0.25, 0.3) is 5.91 Å². The average Bonchev–Trinajstić information content (AvgIpc) is 2.63. The molecule has 0 unspecified atom stereocenters. The van der Waals surface area contributed by atoms with Crippen LogP contribution in [0.3, 0.4) is 0 Å². The second kappa shape index (κ2) is 9.31. The third kappa shape index (κ3) is 5.70. The van der Waals surface area contributed by atoms with E-state index in [1.54, 1.807) is 24.3 Å². The number of esters is 1. The van der Waals surface area contributed by atoms with Crippen molar-refractivity contribution in [2.45, 2.75) is 6.92 Å². The molecule has 2 rings (SSSR count). The number of benzene rings is 2. The summed E-state index contributed by atoms with van der Waals surface area (Å²) in [6, 6.07) is 10.2. The Balaban J connectivity index is 1.83. The van der Waals surface area contributed by atoms with E-state index in [0.717, 1.165) is 23.8 Å². The Kier molecular flexibility index (Phi) is 6.84. The number of hydrogen-bond acceptors (Lipinski definition) is 4. The molecule has 0 aliphatic carbocycles. The fourth-order valence-electron chi connectivity index (χ4n) is 1.98. The highest BCUT2D eigenvalue weighted by molar-refractivity contribution is 5.94. The zero-order valence-corrected chi connectivity index (χ0v) is 14.0. The van der Waals surface area contributed by atoms with Gasteiger partial charge in [0, 0.05) is 6.08 Å². The number of ether oxygens (including phenoxy) is 2. The molecular weight excluding hydrogens is 344 g/mol. The molecule has 0 spiro atoms. The lowest BCUT2D eigenvalue weighted by molar-refractivity contribution is -0.142. The van der Waals surface area contributed by atoms with Gasteiger partial charge in [0.05, 0.1) is 6.61 Å². The first-order valence-electron chi connectivity index (χ1n) is 7.81. The van der Waals surface area contributed by atoms with Crippen LogP contribution in [0, 0.1) is 11.6 Å². The van der Waals surface area contributed by atoms with E-state index >= 15 is 0 Å². The van der Waals surface area contributed by atoms with Crippen LogP contribution in [-0.4, -0.2) is 25.1 Å². The zero-order valence-electron chi connectivity index (χ0n) is 14.0. The molecule has 1 amide bonds. The summed E-state index contributed by atoms with van der Waals surface area (Å²) in [7, 11) is 0. The van der Waals surface area contributed by atoms with Gasteiger partial charge in [-0.1, -0.05) is 18.2 Å². The van der Waals surface area contributed by atoms with E-state index in [0.29, 0.717) is 12.4 Å². The number of halogens is 2. The minimum Gasteiger partial charge on any atom is -0.494 e. The highest BCUT2D eigenvalue weighted by atomic mass is 19.1. The quantitative estimate of drug-likeness (QED) is 0.605. The minimum atomic E-state index is -0.917. The Bertz CT molecular complexity index is 783. The molecule has 1 N–H and O–H groups in total. The molecule has 5 nitrogen and oxygen atoms in total. The Morgan fingerprint density at radius 3 is 2.35 bits per heavy atom. The Labute approximate surface area is 149 Å². The molecular formula is C19H17F2NO4. The third-order valence-electron chi connectivity index (χ3n) is 3.18. The van der Waals surface area contributed by atoms with Crippen LogP contribution < -0.4 is 10.1 Å². The summed E-state index contributed by atoms with van der Waals surface area (Å²) in [6.07, 6.45) is 2.65. The number of para-hydroxylation sites is 1. The van der Waals surface area contributed by atoms with Gasteiger partial charge in [-0.05, 0) is 42.8 Å². The summed E-state index contributed by atoms with van der Waals surface area (Å²) >= 11 is 0. The maximum Gasteiger partial charge on any atom is 0.331 e. The lowest BCUT2D eigenvalue weighted by Crippen LogP contribution is -2.21. The number of hydrogen-bond donors (Lipinski definition) is 1. The molecule has 0 saturated carbocycles. The van der Waals surface area contributed by atoms with Gasteiger partial charge in [0.1, 0.15) is 23.1 Å². The number of anilines is 1. The van der Waals surface area contributed by atoms with Gasteiger partial charge in [-0.3, -0.25) is 4.79 Å². The van der Waals surface area contributed by atoms with Crippen LogP contribution in [0.15, 0.2) is 48.5 Å². The number of carbonyl (C=O) groups is 2. The van der Waals surface area contributed by atoms with E-state index in [9.17, 15) is 18.4 Å². The van der Waals surface area contributed by atoms with Gasteiger partial charge in [-0.2, -0.15) is 0 Å². The summed E-state index contributed by atoms with van der Waals surface area (Å²) < 4.78 is 36.9. The van der Waals surface area contributed by atoms with Crippen LogP contribution in [-0.2, 0) is 14.3 Å². The SMILES string of the molecule is CCOc1ccc(/C=C/C(=O)OCC(=O)Nc2c(F)cccc2F)cc1. The maximum absolute atomic E-state index is 13.4. The molecule has 26 heavy (non-hydrogen) atoms. The van der Waals surface area contributed by atoms with E-state index in [1.807, 2.05) is 12.2 Å². The number of nitrogens with one attached hydrogen (secondary N) is 1. The smallest absolute Gasteiger partial charge is 0.331 e. The van der Waals surface area contributed by atoms with Gasteiger partial charge in [0.15, 0.2) is 6.61 Å². The van der Waals surface area contributed by atoms with Crippen LogP contribution in [0.1, 0.15) is 12.5 Å². The van der Waals surface area contributed by atoms with E-state index in [4.69, 9.17) is 9.47 Å². The maximum atomic E-state index is 13.4. The fourth-order valence-corrected chi connectivity index (χ4v) is 1.98. The lowest BCUT2D eigenvalue weighted by Gasteiger charge is -2.07. The van der Waals surface area contributed by atoms with E-state index in [1.165, 1.54) is 12.1 Å². The molecule has 0 aliphatic rings. The molecule has 0 radical (unpaired) electrons. The van der Waals surface area contributed by atoms with Crippen molar-refractivity contribution in [3.05, 3.63) is 65.7 Å². The topological polar surface area (TPSA) is 64.6 Å².